The largest absolute Gasteiger partial charge is 0.0843 e. The first-order chi connectivity index (χ1) is 5.68. The summed E-state index contributed by atoms with van der Waals surface area (Å²) in [5.74, 6) is 0.808. The van der Waals surface area contributed by atoms with E-state index in [1.807, 2.05) is 6.07 Å². The van der Waals surface area contributed by atoms with Crippen molar-refractivity contribution in [2.45, 2.75) is 32.6 Å². The van der Waals surface area contributed by atoms with Gasteiger partial charge in [-0.2, -0.15) is 0 Å². The van der Waals surface area contributed by atoms with Crippen LogP contribution in [0.3, 0.4) is 0 Å². The summed E-state index contributed by atoms with van der Waals surface area (Å²) in [6.45, 7) is 4.33. The molecule has 0 atom stereocenters. The molecule has 0 bridgehead atoms. The Balaban J connectivity index is 2.51. The van der Waals surface area contributed by atoms with Crippen molar-refractivity contribution in [3.8, 4) is 0 Å². The van der Waals surface area contributed by atoms with E-state index in [0.29, 0.717) is 0 Å². The number of aryl methyl sites for hydroxylation is 1. The van der Waals surface area contributed by atoms with Crippen LogP contribution in [-0.4, -0.2) is 0 Å². The van der Waals surface area contributed by atoms with Crippen LogP contribution in [0.25, 0.3) is 0 Å². The van der Waals surface area contributed by atoms with Crippen molar-refractivity contribution < 1.29 is 0 Å². The predicted molar refractivity (Wildman–Crippen MR) is 52.9 cm³/mol. The van der Waals surface area contributed by atoms with Crippen LogP contribution < -0.4 is 0 Å². The van der Waals surface area contributed by atoms with E-state index >= 15 is 0 Å². The van der Waals surface area contributed by atoms with E-state index in [2.05, 4.69) is 19.9 Å². The van der Waals surface area contributed by atoms with E-state index < -0.39 is 0 Å². The molecule has 1 aromatic carbocycles. The van der Waals surface area contributed by atoms with Crippen molar-refractivity contribution in [3.05, 3.63) is 33.8 Å². The van der Waals surface area contributed by atoms with Gasteiger partial charge in [0.15, 0.2) is 0 Å². The minimum atomic E-state index is 0.808. The highest BCUT2D eigenvalue weighted by molar-refractivity contribution is 6.30. The summed E-state index contributed by atoms with van der Waals surface area (Å²) >= 11 is 5.99. The molecule has 0 amide bonds. The highest BCUT2D eigenvalue weighted by Gasteiger charge is 2.25. The molecule has 0 spiro atoms. The Hall–Kier alpha value is -0.490. The van der Waals surface area contributed by atoms with E-state index in [0.717, 1.165) is 10.9 Å². The van der Waals surface area contributed by atoms with Gasteiger partial charge in [-0.3, -0.25) is 0 Å². The van der Waals surface area contributed by atoms with Gasteiger partial charge in [0.05, 0.1) is 0 Å². The van der Waals surface area contributed by atoms with Gasteiger partial charge < -0.3 is 0 Å². The molecule has 64 valence electrons. The first-order valence-electron chi connectivity index (χ1n) is 4.45. The van der Waals surface area contributed by atoms with Crippen molar-refractivity contribution in [2.24, 2.45) is 0 Å². The van der Waals surface area contributed by atoms with Crippen molar-refractivity contribution in [3.63, 3.8) is 0 Å². The molecule has 0 aliphatic heterocycles. The van der Waals surface area contributed by atoms with Gasteiger partial charge in [0.2, 0.25) is 0 Å². The normalized spacial score (nSPS) is 16.6. The maximum Gasteiger partial charge on any atom is 0.0411 e. The molecule has 0 radical (unpaired) electrons. The molecule has 1 fully saturated rings. The molecule has 0 heterocycles. The molecule has 1 aliphatic rings. The lowest BCUT2D eigenvalue weighted by Crippen LogP contribution is -1.89. The lowest BCUT2D eigenvalue weighted by Gasteiger charge is -2.07. The monoisotopic (exact) mass is 180 g/mol. The Labute approximate surface area is 78.6 Å². The molecule has 12 heavy (non-hydrogen) atoms. The second kappa shape index (κ2) is 2.77. The second-order valence-corrected chi connectivity index (χ2v) is 4.15. The third-order valence-corrected chi connectivity index (χ3v) is 2.91. The van der Waals surface area contributed by atoms with Gasteiger partial charge in [-0.25, -0.2) is 0 Å². The molecule has 1 saturated carbocycles. The van der Waals surface area contributed by atoms with Gasteiger partial charge in [-0.05, 0) is 61.4 Å². The van der Waals surface area contributed by atoms with Gasteiger partial charge >= 0.3 is 0 Å². The van der Waals surface area contributed by atoms with E-state index in [1.54, 1.807) is 0 Å². The fourth-order valence-electron chi connectivity index (χ4n) is 1.66. The van der Waals surface area contributed by atoms with Gasteiger partial charge in [-0.15, -0.1) is 0 Å². The average Bonchev–Trinajstić information content (AvgIpc) is 2.79. The summed E-state index contributed by atoms with van der Waals surface area (Å²) in [6, 6.07) is 4.17. The number of halogens is 1. The smallest absolute Gasteiger partial charge is 0.0411 e. The summed E-state index contributed by atoms with van der Waals surface area (Å²) in [5.41, 5.74) is 4.23. The standard InChI is InChI=1S/C11H13Cl/c1-7-5-10(12)6-11(8(7)2)9-3-4-9/h5-6,9H,3-4H2,1-2H3. The average molecular weight is 181 g/mol. The summed E-state index contributed by atoms with van der Waals surface area (Å²) in [4.78, 5) is 0. The van der Waals surface area contributed by atoms with Crippen molar-refractivity contribution >= 4 is 11.6 Å². The fourth-order valence-corrected chi connectivity index (χ4v) is 1.94. The molecule has 0 saturated heterocycles. The number of benzene rings is 1. The third-order valence-electron chi connectivity index (χ3n) is 2.69. The Morgan fingerprint density at radius 3 is 2.50 bits per heavy atom. The van der Waals surface area contributed by atoms with Gasteiger partial charge in [0.25, 0.3) is 0 Å². The molecule has 0 nitrogen and oxygen atoms in total. The van der Waals surface area contributed by atoms with E-state index in [-0.39, 0.29) is 0 Å². The van der Waals surface area contributed by atoms with Crippen molar-refractivity contribution in [1.29, 1.82) is 0 Å². The Bertz CT molecular complexity index is 311. The first kappa shape index (κ1) is 8.12. The molecule has 1 aromatic rings. The summed E-state index contributed by atoms with van der Waals surface area (Å²) in [6.07, 6.45) is 2.70. The van der Waals surface area contributed by atoms with Gasteiger partial charge in [0, 0.05) is 5.02 Å². The lowest BCUT2D eigenvalue weighted by molar-refractivity contribution is 1.08. The minimum Gasteiger partial charge on any atom is -0.0843 e. The summed E-state index contributed by atoms with van der Waals surface area (Å²) in [5, 5.41) is 0.889. The van der Waals surface area contributed by atoms with Crippen LogP contribution in [0, 0.1) is 13.8 Å². The number of rotatable bonds is 1. The van der Waals surface area contributed by atoms with E-state index in [1.165, 1.54) is 29.5 Å². The topological polar surface area (TPSA) is 0 Å². The highest BCUT2D eigenvalue weighted by atomic mass is 35.5. The molecule has 2 rings (SSSR count). The molecule has 1 heteroatoms. The maximum absolute atomic E-state index is 5.99. The van der Waals surface area contributed by atoms with Crippen LogP contribution in [0.1, 0.15) is 35.4 Å². The SMILES string of the molecule is Cc1cc(Cl)cc(C2CC2)c1C. The first-order valence-corrected chi connectivity index (χ1v) is 4.83. The second-order valence-electron chi connectivity index (χ2n) is 3.71. The van der Waals surface area contributed by atoms with Crippen LogP contribution in [0.4, 0.5) is 0 Å². The number of hydrogen-bond acceptors (Lipinski definition) is 0. The lowest BCUT2D eigenvalue weighted by atomic mass is 10.0. The Morgan fingerprint density at radius 1 is 1.25 bits per heavy atom. The van der Waals surface area contributed by atoms with E-state index in [4.69, 9.17) is 11.6 Å². The van der Waals surface area contributed by atoms with Gasteiger partial charge in [0.1, 0.15) is 0 Å². The molecule has 0 N–H and O–H groups in total. The molecule has 0 aromatic heterocycles. The van der Waals surface area contributed by atoms with Crippen molar-refractivity contribution in [2.75, 3.05) is 0 Å². The van der Waals surface area contributed by atoms with Crippen LogP contribution in [0.15, 0.2) is 12.1 Å². The van der Waals surface area contributed by atoms with E-state index in [9.17, 15) is 0 Å². The van der Waals surface area contributed by atoms with Gasteiger partial charge in [-0.1, -0.05) is 11.6 Å². The third kappa shape index (κ3) is 1.36. The minimum absolute atomic E-state index is 0.808. The Morgan fingerprint density at radius 2 is 1.92 bits per heavy atom. The molecule has 1 aliphatic carbocycles. The fraction of sp³-hybridized carbons (Fsp3) is 0.455. The quantitative estimate of drug-likeness (QED) is 0.616. The Kier molecular flexibility index (Phi) is 1.88. The molecule has 0 unspecified atom stereocenters. The zero-order valence-electron chi connectivity index (χ0n) is 7.52. The van der Waals surface area contributed by atoms with Crippen LogP contribution >= 0.6 is 11.6 Å². The predicted octanol–water partition coefficient (Wildman–Crippen LogP) is 3.83. The summed E-state index contributed by atoms with van der Waals surface area (Å²) < 4.78 is 0. The maximum atomic E-state index is 5.99. The zero-order valence-corrected chi connectivity index (χ0v) is 8.28. The highest BCUT2D eigenvalue weighted by Crippen LogP contribution is 2.42. The van der Waals surface area contributed by atoms with Crippen LogP contribution in [0.5, 0.6) is 0 Å². The van der Waals surface area contributed by atoms with Crippen LogP contribution in [0.2, 0.25) is 5.02 Å². The number of hydrogen-bond donors (Lipinski definition) is 0. The molecular weight excluding hydrogens is 168 g/mol. The molecular formula is C11H13Cl. The van der Waals surface area contributed by atoms with Crippen molar-refractivity contribution in [1.82, 2.24) is 0 Å². The zero-order chi connectivity index (χ0) is 8.72. The summed E-state index contributed by atoms with van der Waals surface area (Å²) in [7, 11) is 0. The van der Waals surface area contributed by atoms with Crippen LogP contribution in [-0.2, 0) is 0 Å².